The number of unbranched alkanes of at least 4 members (excludes halogenated alkanes) is 1. The Morgan fingerprint density at radius 3 is 2.09 bits per heavy atom. The largest absolute Gasteiger partial charge is 0.417 e. The van der Waals surface area contributed by atoms with Crippen LogP contribution in [0.2, 0.25) is 19.1 Å². The maximum Gasteiger partial charge on any atom is 0.186 e. The highest BCUT2D eigenvalue weighted by Gasteiger charge is 2.37. The molecule has 3 nitrogen and oxygen atoms in total. The summed E-state index contributed by atoms with van der Waals surface area (Å²) in [5, 5.41) is 3.71. The Hall–Kier alpha value is 0.0969. The van der Waals surface area contributed by atoms with Gasteiger partial charge in [-0.15, -0.1) is 0 Å². The molecule has 0 aromatic carbocycles. The van der Waals surface area contributed by atoms with Gasteiger partial charge in [0.2, 0.25) is 0 Å². The van der Waals surface area contributed by atoms with Crippen LogP contribution in [0.15, 0.2) is 0 Å². The highest BCUT2D eigenvalue weighted by molar-refractivity contribution is 6.71. The molecule has 0 radical (unpaired) electrons. The van der Waals surface area contributed by atoms with Crippen LogP contribution in [0.25, 0.3) is 0 Å². The second-order valence-corrected chi connectivity index (χ2v) is 13.2. The van der Waals surface area contributed by atoms with E-state index in [9.17, 15) is 0 Å². The molecule has 1 heterocycles. The molecule has 4 heteroatoms. The van der Waals surface area contributed by atoms with Crippen LogP contribution < -0.4 is 5.32 Å². The number of ether oxygens (including phenoxy) is 1. The molecule has 0 aromatic heterocycles. The second kappa shape index (κ2) is 8.27. The van der Waals surface area contributed by atoms with Crippen LogP contribution in [0.1, 0.15) is 66.7 Å². The summed E-state index contributed by atoms with van der Waals surface area (Å²) in [7, 11) is -1.38. The Kier molecular flexibility index (Phi) is 7.57. The molecule has 1 fully saturated rings. The van der Waals surface area contributed by atoms with Gasteiger partial charge in [0, 0.05) is 24.3 Å². The number of nitrogens with one attached hydrogen (secondary N) is 1. The van der Waals surface area contributed by atoms with Gasteiger partial charge in [0.25, 0.3) is 0 Å². The van der Waals surface area contributed by atoms with Crippen LogP contribution in [0, 0.1) is 0 Å². The average molecular weight is 330 g/mol. The summed E-state index contributed by atoms with van der Waals surface area (Å²) in [6, 6.07) is 1.27. The molecular weight excluding hydrogens is 290 g/mol. The molecule has 0 unspecified atom stereocenters. The van der Waals surface area contributed by atoms with Gasteiger partial charge in [0.05, 0.1) is 6.10 Å². The van der Waals surface area contributed by atoms with Crippen LogP contribution in [0.4, 0.5) is 0 Å². The Bertz CT molecular complexity index is 313. The summed E-state index contributed by atoms with van der Waals surface area (Å²) >= 11 is 0. The highest BCUT2D eigenvalue weighted by atomic mass is 28.4. The van der Waals surface area contributed by atoms with E-state index < -0.39 is 8.32 Å². The van der Waals surface area contributed by atoms with Gasteiger partial charge < -0.3 is 14.5 Å². The fraction of sp³-hybridized carbons (Fsp3) is 1.00. The van der Waals surface area contributed by atoms with E-state index in [2.05, 4.69) is 53.0 Å². The van der Waals surface area contributed by atoms with Crippen molar-refractivity contribution in [3.8, 4) is 0 Å². The monoisotopic (exact) mass is 329 g/mol. The Labute approximate surface area is 139 Å². The first-order valence-electron chi connectivity index (χ1n) is 9.10. The van der Waals surface area contributed by atoms with E-state index in [-0.39, 0.29) is 11.1 Å². The second-order valence-electron chi connectivity index (χ2n) is 8.86. The Morgan fingerprint density at radius 1 is 1.00 bits per heavy atom. The van der Waals surface area contributed by atoms with Crippen molar-refractivity contribution in [3.63, 3.8) is 0 Å². The molecule has 0 saturated carbocycles. The maximum absolute atomic E-state index is 6.15. The molecule has 0 spiro atoms. The van der Waals surface area contributed by atoms with E-state index in [0.717, 1.165) is 38.9 Å². The fourth-order valence-corrected chi connectivity index (χ4v) is 5.87. The lowest BCUT2D eigenvalue weighted by atomic mass is 9.81. The minimum Gasteiger partial charge on any atom is -0.417 e. The molecule has 1 rings (SSSR count). The third-order valence-corrected chi connectivity index (χ3v) is 7.08. The molecule has 1 N–H and O–H groups in total. The van der Waals surface area contributed by atoms with E-state index in [4.69, 9.17) is 9.16 Å². The molecule has 0 atom stereocenters. The number of hydrogen-bond donors (Lipinski definition) is 1. The number of piperidine rings is 1. The average Bonchev–Trinajstić information content (AvgIpc) is 2.29. The number of rotatable bonds is 9. The summed E-state index contributed by atoms with van der Waals surface area (Å²) in [5.74, 6) is 0. The molecule has 0 aliphatic carbocycles. The van der Waals surface area contributed by atoms with Crippen LogP contribution in [-0.4, -0.2) is 38.7 Å². The molecule has 132 valence electrons. The SMILES string of the molecule is CCC[Si](C)(C)OCCCCOC1CC(C)(C)NC(C)(C)C1. The summed E-state index contributed by atoms with van der Waals surface area (Å²) in [5.41, 5.74) is 0.344. The van der Waals surface area contributed by atoms with Crippen molar-refractivity contribution >= 4 is 8.32 Å². The van der Waals surface area contributed by atoms with Crippen LogP contribution in [0.5, 0.6) is 0 Å². The van der Waals surface area contributed by atoms with Crippen molar-refractivity contribution in [1.82, 2.24) is 5.32 Å². The molecule has 0 bridgehead atoms. The van der Waals surface area contributed by atoms with E-state index in [0.29, 0.717) is 6.10 Å². The zero-order chi connectivity index (χ0) is 16.9. The molecule has 1 aliphatic heterocycles. The van der Waals surface area contributed by atoms with Crippen molar-refractivity contribution in [2.24, 2.45) is 0 Å². The first-order valence-corrected chi connectivity index (χ1v) is 12.2. The maximum atomic E-state index is 6.15. The van der Waals surface area contributed by atoms with Crippen LogP contribution in [0.3, 0.4) is 0 Å². The Balaban J connectivity index is 2.17. The summed E-state index contributed by atoms with van der Waals surface area (Å²) in [6.07, 6.45) is 6.06. The molecule has 1 aliphatic rings. The lowest BCUT2D eigenvalue weighted by Gasteiger charge is -2.46. The summed E-state index contributed by atoms with van der Waals surface area (Å²) < 4.78 is 12.3. The molecule has 0 amide bonds. The van der Waals surface area contributed by atoms with Crippen molar-refractivity contribution in [3.05, 3.63) is 0 Å². The zero-order valence-electron chi connectivity index (χ0n) is 16.1. The van der Waals surface area contributed by atoms with Crippen molar-refractivity contribution in [2.75, 3.05) is 13.2 Å². The smallest absolute Gasteiger partial charge is 0.186 e. The molecule has 0 aromatic rings. The van der Waals surface area contributed by atoms with Crippen molar-refractivity contribution in [1.29, 1.82) is 0 Å². The van der Waals surface area contributed by atoms with Crippen LogP contribution in [-0.2, 0) is 9.16 Å². The van der Waals surface area contributed by atoms with Gasteiger partial charge in [-0.1, -0.05) is 13.3 Å². The van der Waals surface area contributed by atoms with E-state index in [1.54, 1.807) is 0 Å². The predicted octanol–water partition coefficient (Wildman–Crippen LogP) is 4.72. The molecule has 1 saturated heterocycles. The van der Waals surface area contributed by atoms with Gasteiger partial charge in [0.15, 0.2) is 8.32 Å². The van der Waals surface area contributed by atoms with Gasteiger partial charge in [-0.3, -0.25) is 0 Å². The van der Waals surface area contributed by atoms with Gasteiger partial charge in [-0.2, -0.15) is 0 Å². The van der Waals surface area contributed by atoms with Gasteiger partial charge >= 0.3 is 0 Å². The zero-order valence-corrected chi connectivity index (χ0v) is 17.1. The number of hydrogen-bond acceptors (Lipinski definition) is 3. The van der Waals surface area contributed by atoms with Gasteiger partial charge in [-0.25, -0.2) is 0 Å². The minimum atomic E-state index is -1.38. The quantitative estimate of drug-likeness (QED) is 0.490. The van der Waals surface area contributed by atoms with Crippen molar-refractivity contribution in [2.45, 2.75) is 103 Å². The highest BCUT2D eigenvalue weighted by Crippen LogP contribution is 2.30. The lowest BCUT2D eigenvalue weighted by Crippen LogP contribution is -2.59. The van der Waals surface area contributed by atoms with Crippen molar-refractivity contribution < 1.29 is 9.16 Å². The topological polar surface area (TPSA) is 30.5 Å². The van der Waals surface area contributed by atoms with E-state index in [1.165, 1.54) is 12.5 Å². The van der Waals surface area contributed by atoms with Gasteiger partial charge in [-0.05, 0) is 72.5 Å². The third-order valence-electron chi connectivity index (χ3n) is 4.39. The summed E-state index contributed by atoms with van der Waals surface area (Å²) in [6.45, 7) is 17.8. The van der Waals surface area contributed by atoms with Crippen LogP contribution >= 0.6 is 0 Å². The third kappa shape index (κ3) is 8.09. The first-order chi connectivity index (χ1) is 10.1. The summed E-state index contributed by atoms with van der Waals surface area (Å²) in [4.78, 5) is 0. The van der Waals surface area contributed by atoms with Gasteiger partial charge in [0.1, 0.15) is 0 Å². The van der Waals surface area contributed by atoms with E-state index in [1.807, 2.05) is 0 Å². The minimum absolute atomic E-state index is 0.172. The predicted molar refractivity (Wildman–Crippen MR) is 98.0 cm³/mol. The molecule has 22 heavy (non-hydrogen) atoms. The lowest BCUT2D eigenvalue weighted by molar-refractivity contribution is -0.0234. The van der Waals surface area contributed by atoms with E-state index >= 15 is 0 Å². The first kappa shape index (κ1) is 20.1. The normalized spacial score (nSPS) is 22.0. The fourth-order valence-electron chi connectivity index (χ4n) is 3.82. The standard InChI is InChI=1S/C18H39NO2Si/c1-8-13-22(6,7)21-12-10-9-11-20-16-14-17(2,3)19-18(4,5)15-16/h16,19H,8-15H2,1-7H3. The Morgan fingerprint density at radius 2 is 1.55 bits per heavy atom. The molecular formula is C18H39NO2Si.